The normalized spacial score (nSPS) is 18.2. The number of aryl methyl sites for hydroxylation is 1. The molecular weight excluding hydrogens is 370 g/mol. The van der Waals surface area contributed by atoms with E-state index in [-0.39, 0.29) is 16.5 Å². The lowest BCUT2D eigenvalue weighted by atomic mass is 10.1. The number of hydrogen-bond donors (Lipinski definition) is 0. The maximum absolute atomic E-state index is 12.5. The molecule has 2 fully saturated rings. The van der Waals surface area contributed by atoms with Gasteiger partial charge in [-0.15, -0.1) is 0 Å². The molecule has 0 spiro atoms. The van der Waals surface area contributed by atoms with Crippen LogP contribution in [0.1, 0.15) is 25.0 Å². The summed E-state index contributed by atoms with van der Waals surface area (Å²) >= 11 is 0. The molecule has 0 atom stereocenters. The Balaban J connectivity index is 1.47. The molecule has 2 aliphatic rings. The van der Waals surface area contributed by atoms with Gasteiger partial charge in [-0.3, -0.25) is 19.8 Å². The molecule has 0 bridgehead atoms. The van der Waals surface area contributed by atoms with Crippen LogP contribution in [0.4, 0.5) is 11.4 Å². The van der Waals surface area contributed by atoms with Gasteiger partial charge in [-0.1, -0.05) is 12.1 Å². The number of likely N-dealkylation sites (tertiary alicyclic amines) is 1. The Bertz CT molecular complexity index is 918. The van der Waals surface area contributed by atoms with Gasteiger partial charge < -0.3 is 9.80 Å². The van der Waals surface area contributed by atoms with Crippen molar-refractivity contribution in [2.45, 2.75) is 26.2 Å². The maximum Gasteiger partial charge on any atom is 0.295 e. The number of aromatic nitrogens is 1. The number of non-ortho nitro benzene ring substituents is 1. The predicted molar refractivity (Wildman–Crippen MR) is 112 cm³/mol. The highest BCUT2D eigenvalue weighted by atomic mass is 16.6. The number of anilines is 1. The number of nitro groups is 1. The SMILES string of the molecule is Cc1cc(N2CCN(CC(=O)N3CCCCC3)CC2)c2cccc([N+](=O)[O-])c2n1. The van der Waals surface area contributed by atoms with Crippen LogP contribution < -0.4 is 4.90 Å². The zero-order valence-corrected chi connectivity index (χ0v) is 16.8. The highest BCUT2D eigenvalue weighted by Crippen LogP contribution is 2.32. The topological polar surface area (TPSA) is 82.8 Å². The first-order chi connectivity index (χ1) is 14.0. The summed E-state index contributed by atoms with van der Waals surface area (Å²) < 4.78 is 0. The van der Waals surface area contributed by atoms with Crippen molar-refractivity contribution < 1.29 is 9.72 Å². The number of carbonyl (C=O) groups excluding carboxylic acids is 1. The van der Waals surface area contributed by atoms with Gasteiger partial charge in [0, 0.05) is 62.1 Å². The summed E-state index contributed by atoms with van der Waals surface area (Å²) in [5.41, 5.74) is 2.23. The van der Waals surface area contributed by atoms with Crippen LogP contribution in [-0.4, -0.2) is 71.4 Å². The number of piperidine rings is 1. The highest BCUT2D eigenvalue weighted by Gasteiger charge is 2.25. The summed E-state index contributed by atoms with van der Waals surface area (Å²) in [6.45, 7) is 7.31. The molecular formula is C21H27N5O3. The molecule has 2 saturated heterocycles. The fourth-order valence-electron chi connectivity index (χ4n) is 4.33. The van der Waals surface area contributed by atoms with Crippen molar-refractivity contribution in [2.75, 3.05) is 50.7 Å². The third kappa shape index (κ3) is 4.17. The lowest BCUT2D eigenvalue weighted by molar-refractivity contribution is -0.383. The number of para-hydroxylation sites is 1. The second-order valence-corrected chi connectivity index (χ2v) is 7.92. The van der Waals surface area contributed by atoms with Gasteiger partial charge in [-0.05, 0) is 32.3 Å². The molecule has 154 valence electrons. The van der Waals surface area contributed by atoms with Crippen molar-refractivity contribution >= 4 is 28.2 Å². The van der Waals surface area contributed by atoms with Crippen molar-refractivity contribution in [2.24, 2.45) is 0 Å². The molecule has 0 saturated carbocycles. The van der Waals surface area contributed by atoms with E-state index in [4.69, 9.17) is 0 Å². The molecule has 0 radical (unpaired) electrons. The van der Waals surface area contributed by atoms with Crippen LogP contribution in [0.25, 0.3) is 10.9 Å². The predicted octanol–water partition coefficient (Wildman–Crippen LogP) is 2.59. The summed E-state index contributed by atoms with van der Waals surface area (Å²) in [6, 6.07) is 7.12. The third-order valence-corrected chi connectivity index (χ3v) is 5.90. The second kappa shape index (κ2) is 8.32. The fourth-order valence-corrected chi connectivity index (χ4v) is 4.33. The summed E-state index contributed by atoms with van der Waals surface area (Å²) in [5, 5.41) is 12.2. The quantitative estimate of drug-likeness (QED) is 0.583. The number of amides is 1. The van der Waals surface area contributed by atoms with E-state index in [0.29, 0.717) is 12.1 Å². The van der Waals surface area contributed by atoms with Crippen LogP contribution in [0.15, 0.2) is 24.3 Å². The third-order valence-electron chi connectivity index (χ3n) is 5.90. The summed E-state index contributed by atoms with van der Waals surface area (Å²) in [5.74, 6) is 0.235. The standard InChI is InChI=1S/C21H27N5O3/c1-16-14-19(17-6-5-7-18(26(28)29)21(17)22-16)24-12-10-23(11-13-24)15-20(27)25-8-3-2-4-9-25/h5-7,14H,2-4,8-13,15H2,1H3. The first-order valence-corrected chi connectivity index (χ1v) is 10.3. The van der Waals surface area contributed by atoms with Gasteiger partial charge in [0.2, 0.25) is 5.91 Å². The molecule has 0 N–H and O–H groups in total. The number of pyridine rings is 1. The molecule has 2 aromatic rings. The van der Waals surface area contributed by atoms with Crippen LogP contribution in [0.3, 0.4) is 0 Å². The molecule has 2 aliphatic heterocycles. The monoisotopic (exact) mass is 397 g/mol. The number of fused-ring (bicyclic) bond motifs is 1. The molecule has 1 aromatic carbocycles. The van der Waals surface area contributed by atoms with E-state index in [2.05, 4.69) is 14.8 Å². The lowest BCUT2D eigenvalue weighted by Gasteiger charge is -2.37. The number of benzene rings is 1. The number of nitrogens with zero attached hydrogens (tertiary/aromatic N) is 5. The summed E-state index contributed by atoms with van der Waals surface area (Å²) in [6.07, 6.45) is 3.44. The molecule has 29 heavy (non-hydrogen) atoms. The molecule has 8 nitrogen and oxygen atoms in total. The molecule has 0 unspecified atom stereocenters. The van der Waals surface area contributed by atoms with E-state index >= 15 is 0 Å². The van der Waals surface area contributed by atoms with E-state index in [0.717, 1.165) is 68.9 Å². The first-order valence-electron chi connectivity index (χ1n) is 10.3. The lowest BCUT2D eigenvalue weighted by Crippen LogP contribution is -2.50. The average Bonchev–Trinajstić information content (AvgIpc) is 2.74. The molecule has 4 rings (SSSR count). The van der Waals surface area contributed by atoms with E-state index in [1.54, 1.807) is 6.07 Å². The second-order valence-electron chi connectivity index (χ2n) is 7.92. The smallest absolute Gasteiger partial charge is 0.295 e. The minimum atomic E-state index is -0.372. The number of nitro benzene ring substituents is 1. The van der Waals surface area contributed by atoms with Gasteiger partial charge in [0.1, 0.15) is 0 Å². The van der Waals surface area contributed by atoms with Gasteiger partial charge in [-0.25, -0.2) is 4.98 Å². The Morgan fingerprint density at radius 1 is 1.10 bits per heavy atom. The maximum atomic E-state index is 12.5. The van der Waals surface area contributed by atoms with Gasteiger partial charge in [0.15, 0.2) is 5.52 Å². The molecule has 1 amide bonds. The number of hydrogen-bond acceptors (Lipinski definition) is 6. The minimum absolute atomic E-state index is 0.0400. The summed E-state index contributed by atoms with van der Waals surface area (Å²) in [7, 11) is 0. The Morgan fingerprint density at radius 2 is 1.83 bits per heavy atom. The van der Waals surface area contributed by atoms with Crippen molar-refractivity contribution in [3.63, 3.8) is 0 Å². The van der Waals surface area contributed by atoms with Gasteiger partial charge >= 0.3 is 0 Å². The van der Waals surface area contributed by atoms with Crippen molar-refractivity contribution in [3.05, 3.63) is 40.1 Å². The Hall–Kier alpha value is -2.74. The summed E-state index contributed by atoms with van der Waals surface area (Å²) in [4.78, 5) is 34.5. The first kappa shape index (κ1) is 19.6. The largest absolute Gasteiger partial charge is 0.368 e. The number of piperazine rings is 1. The molecule has 1 aromatic heterocycles. The molecule has 8 heteroatoms. The zero-order chi connectivity index (χ0) is 20.4. The molecule has 3 heterocycles. The highest BCUT2D eigenvalue weighted by molar-refractivity contribution is 5.97. The van der Waals surface area contributed by atoms with Gasteiger partial charge in [-0.2, -0.15) is 0 Å². The van der Waals surface area contributed by atoms with Crippen LogP contribution in [0, 0.1) is 17.0 Å². The fraction of sp³-hybridized carbons (Fsp3) is 0.524. The molecule has 0 aliphatic carbocycles. The van der Waals surface area contributed by atoms with Crippen molar-refractivity contribution in [1.29, 1.82) is 0 Å². The van der Waals surface area contributed by atoms with Crippen molar-refractivity contribution in [3.8, 4) is 0 Å². The van der Waals surface area contributed by atoms with E-state index < -0.39 is 0 Å². The Labute approximate surface area is 170 Å². The van der Waals surface area contributed by atoms with E-state index in [9.17, 15) is 14.9 Å². The van der Waals surface area contributed by atoms with Crippen LogP contribution in [0.5, 0.6) is 0 Å². The Morgan fingerprint density at radius 3 is 2.52 bits per heavy atom. The van der Waals surface area contributed by atoms with Crippen molar-refractivity contribution in [1.82, 2.24) is 14.8 Å². The van der Waals surface area contributed by atoms with Gasteiger partial charge in [0.05, 0.1) is 11.5 Å². The zero-order valence-electron chi connectivity index (χ0n) is 16.8. The minimum Gasteiger partial charge on any atom is -0.368 e. The van der Waals surface area contributed by atoms with E-state index in [1.165, 1.54) is 12.5 Å². The van der Waals surface area contributed by atoms with E-state index in [1.807, 2.05) is 24.0 Å². The van der Waals surface area contributed by atoms with Crippen LogP contribution in [-0.2, 0) is 4.79 Å². The van der Waals surface area contributed by atoms with Crippen LogP contribution in [0.2, 0.25) is 0 Å². The van der Waals surface area contributed by atoms with Crippen LogP contribution >= 0.6 is 0 Å². The number of rotatable bonds is 4. The van der Waals surface area contributed by atoms with Gasteiger partial charge in [0.25, 0.3) is 5.69 Å². The average molecular weight is 397 g/mol. The number of carbonyl (C=O) groups is 1. The Kier molecular flexibility index (Phi) is 5.62.